The lowest BCUT2D eigenvalue weighted by atomic mass is 9.77. The van der Waals surface area contributed by atoms with Crippen LogP contribution in [-0.2, 0) is 14.9 Å². The van der Waals surface area contributed by atoms with Gasteiger partial charge in [-0.3, -0.25) is 4.79 Å². The highest BCUT2D eigenvalue weighted by Crippen LogP contribution is 2.54. The molecule has 0 aliphatic carbocycles. The third-order valence-corrected chi connectivity index (χ3v) is 6.83. The number of benzene rings is 3. The number of nitrogens with one attached hydrogen (secondary N) is 2. The molecule has 3 aliphatic heterocycles. The Morgan fingerprint density at radius 3 is 2.51 bits per heavy atom. The second-order valence-corrected chi connectivity index (χ2v) is 8.82. The average molecular weight is 501 g/mol. The first-order valence-electron chi connectivity index (χ1n) is 11.7. The Labute approximate surface area is 212 Å². The lowest BCUT2D eigenvalue weighted by Gasteiger charge is -2.23. The van der Waals surface area contributed by atoms with Crippen LogP contribution in [0.4, 0.5) is 16.2 Å². The molecular formula is C27H23N3O7. The fraction of sp³-hybridized carbons (Fsp3) is 0.222. The van der Waals surface area contributed by atoms with Gasteiger partial charge in [0.1, 0.15) is 17.8 Å². The molecule has 1 unspecified atom stereocenters. The Morgan fingerprint density at radius 1 is 0.973 bits per heavy atom. The van der Waals surface area contributed by atoms with Crippen LogP contribution in [0.5, 0.6) is 17.2 Å². The molecule has 0 saturated carbocycles. The average Bonchev–Trinajstić information content (AvgIpc) is 3.59. The van der Waals surface area contributed by atoms with Gasteiger partial charge in [0.05, 0.1) is 12.7 Å². The van der Waals surface area contributed by atoms with Gasteiger partial charge in [-0.15, -0.1) is 0 Å². The van der Waals surface area contributed by atoms with E-state index in [2.05, 4.69) is 15.4 Å². The second kappa shape index (κ2) is 8.74. The van der Waals surface area contributed by atoms with Crippen LogP contribution in [0.15, 0.2) is 60.7 Å². The molecule has 188 valence electrons. The van der Waals surface area contributed by atoms with E-state index in [0.717, 1.165) is 16.8 Å². The minimum atomic E-state index is -0.990. The van der Waals surface area contributed by atoms with Gasteiger partial charge in [-0.05, 0) is 42.0 Å². The van der Waals surface area contributed by atoms with Crippen molar-refractivity contribution in [2.75, 3.05) is 43.8 Å². The number of esters is 1. The molecule has 1 atom stereocenters. The summed E-state index contributed by atoms with van der Waals surface area (Å²) in [6.45, 7) is 0.793. The fourth-order valence-electron chi connectivity index (χ4n) is 5.05. The lowest BCUT2D eigenvalue weighted by Crippen LogP contribution is -2.45. The van der Waals surface area contributed by atoms with Crippen molar-refractivity contribution in [2.45, 2.75) is 5.41 Å². The quantitative estimate of drug-likeness (QED) is 0.517. The molecule has 0 bridgehead atoms. The molecule has 6 rings (SSSR count). The number of methoxy groups -OCH3 is 1. The molecule has 3 aromatic rings. The van der Waals surface area contributed by atoms with Crippen LogP contribution < -0.4 is 29.7 Å². The Hall–Kier alpha value is -4.73. The van der Waals surface area contributed by atoms with Crippen LogP contribution in [0.2, 0.25) is 0 Å². The molecule has 0 radical (unpaired) electrons. The molecule has 0 aromatic heterocycles. The van der Waals surface area contributed by atoms with Crippen molar-refractivity contribution in [1.29, 1.82) is 0 Å². The predicted molar refractivity (Wildman–Crippen MR) is 132 cm³/mol. The first-order valence-corrected chi connectivity index (χ1v) is 11.7. The number of carbonyl (C=O) groups is 3. The van der Waals surface area contributed by atoms with E-state index in [1.807, 2.05) is 30.3 Å². The van der Waals surface area contributed by atoms with E-state index in [0.29, 0.717) is 28.5 Å². The number of hydrogen-bond acceptors (Lipinski definition) is 7. The van der Waals surface area contributed by atoms with Crippen molar-refractivity contribution >= 4 is 29.3 Å². The van der Waals surface area contributed by atoms with E-state index >= 15 is 0 Å². The zero-order valence-corrected chi connectivity index (χ0v) is 19.9. The van der Waals surface area contributed by atoms with Crippen molar-refractivity contribution in [3.8, 4) is 17.2 Å². The lowest BCUT2D eigenvalue weighted by molar-refractivity contribution is -0.122. The SMILES string of the molecule is COC(=O)c1ccc(NC(=O)NCCN2C(=O)C3(COc4cc5c(cc43)OCO5)c3ccccc32)cc1. The first kappa shape index (κ1) is 22.7. The van der Waals surface area contributed by atoms with Gasteiger partial charge in [-0.2, -0.15) is 0 Å². The summed E-state index contributed by atoms with van der Waals surface area (Å²) in [5.41, 5.74) is 2.30. The molecule has 3 aliphatic rings. The largest absolute Gasteiger partial charge is 0.491 e. The van der Waals surface area contributed by atoms with Crippen LogP contribution >= 0.6 is 0 Å². The number of rotatable bonds is 5. The van der Waals surface area contributed by atoms with Gasteiger partial charge < -0.3 is 34.5 Å². The Kier molecular flexibility index (Phi) is 5.36. The maximum absolute atomic E-state index is 13.9. The van der Waals surface area contributed by atoms with E-state index in [4.69, 9.17) is 14.2 Å². The molecule has 3 amide bonds. The third kappa shape index (κ3) is 3.60. The summed E-state index contributed by atoms with van der Waals surface area (Å²) in [5, 5.41) is 5.50. The number of carbonyl (C=O) groups excluding carboxylic acids is 3. The molecule has 1 spiro atoms. The first-order chi connectivity index (χ1) is 18.0. The smallest absolute Gasteiger partial charge is 0.337 e. The van der Waals surface area contributed by atoms with Crippen LogP contribution in [0.1, 0.15) is 21.5 Å². The van der Waals surface area contributed by atoms with Crippen molar-refractivity contribution in [1.82, 2.24) is 5.32 Å². The van der Waals surface area contributed by atoms with Crippen LogP contribution in [0.25, 0.3) is 0 Å². The van der Waals surface area contributed by atoms with Crippen molar-refractivity contribution in [3.63, 3.8) is 0 Å². The van der Waals surface area contributed by atoms with E-state index in [9.17, 15) is 14.4 Å². The maximum Gasteiger partial charge on any atom is 0.337 e. The predicted octanol–water partition coefficient (Wildman–Crippen LogP) is 3.05. The van der Waals surface area contributed by atoms with Crippen LogP contribution in [0.3, 0.4) is 0 Å². The summed E-state index contributed by atoms with van der Waals surface area (Å²) < 4.78 is 21.7. The van der Waals surface area contributed by atoms with Gasteiger partial charge in [-0.25, -0.2) is 9.59 Å². The molecule has 10 nitrogen and oxygen atoms in total. The zero-order valence-electron chi connectivity index (χ0n) is 19.9. The molecule has 10 heteroatoms. The zero-order chi connectivity index (χ0) is 25.6. The van der Waals surface area contributed by atoms with Gasteiger partial charge in [-0.1, -0.05) is 18.2 Å². The van der Waals surface area contributed by atoms with Gasteiger partial charge in [0.25, 0.3) is 0 Å². The molecule has 0 fully saturated rings. The molecule has 3 aromatic carbocycles. The van der Waals surface area contributed by atoms with E-state index in [-0.39, 0.29) is 32.4 Å². The Balaban J connectivity index is 1.17. The molecule has 37 heavy (non-hydrogen) atoms. The topological polar surface area (TPSA) is 115 Å². The molecular weight excluding hydrogens is 478 g/mol. The number of urea groups is 1. The van der Waals surface area contributed by atoms with Crippen molar-refractivity contribution in [3.05, 3.63) is 77.4 Å². The van der Waals surface area contributed by atoms with Crippen molar-refractivity contribution < 1.29 is 33.3 Å². The summed E-state index contributed by atoms with van der Waals surface area (Å²) in [7, 11) is 1.31. The summed E-state index contributed by atoms with van der Waals surface area (Å²) in [6.07, 6.45) is 0. The van der Waals surface area contributed by atoms with Gasteiger partial charge >= 0.3 is 12.0 Å². The van der Waals surface area contributed by atoms with Crippen LogP contribution in [0, 0.1) is 0 Å². The van der Waals surface area contributed by atoms with Crippen molar-refractivity contribution in [2.24, 2.45) is 0 Å². The fourth-order valence-corrected chi connectivity index (χ4v) is 5.05. The monoisotopic (exact) mass is 501 g/mol. The highest BCUT2D eigenvalue weighted by atomic mass is 16.7. The van der Waals surface area contributed by atoms with Gasteiger partial charge in [0, 0.05) is 36.1 Å². The van der Waals surface area contributed by atoms with E-state index in [1.54, 1.807) is 35.2 Å². The molecule has 2 N–H and O–H groups in total. The summed E-state index contributed by atoms with van der Waals surface area (Å²) in [5.74, 6) is 1.22. The normalized spacial score (nSPS) is 18.3. The number of fused-ring (bicyclic) bond motifs is 5. The van der Waals surface area contributed by atoms with E-state index < -0.39 is 17.4 Å². The second-order valence-electron chi connectivity index (χ2n) is 8.82. The molecule has 3 heterocycles. The summed E-state index contributed by atoms with van der Waals surface area (Å²) in [6, 6.07) is 17.1. The Morgan fingerprint density at radius 2 is 1.73 bits per heavy atom. The maximum atomic E-state index is 13.9. The number of amides is 3. The summed E-state index contributed by atoms with van der Waals surface area (Å²) >= 11 is 0. The highest BCUT2D eigenvalue weighted by Gasteiger charge is 2.57. The highest BCUT2D eigenvalue weighted by molar-refractivity contribution is 6.11. The summed E-state index contributed by atoms with van der Waals surface area (Å²) in [4.78, 5) is 39.6. The number of ether oxygens (including phenoxy) is 4. The number of nitrogens with zero attached hydrogens (tertiary/aromatic N) is 1. The number of hydrogen-bond donors (Lipinski definition) is 2. The minimum absolute atomic E-state index is 0.119. The molecule has 0 saturated heterocycles. The number of para-hydroxylation sites is 1. The third-order valence-electron chi connectivity index (χ3n) is 6.83. The number of anilines is 2. The standard InChI is InChI=1S/C27H23N3O7/c1-34-24(31)16-6-8-17(9-7-16)29-26(33)28-10-11-30-20-5-3-2-4-18(20)27(25(30)32)14-35-21-13-23-22(12-19(21)27)36-15-37-23/h2-9,12-13H,10-11,14-15H2,1H3,(H2,28,29,33). The van der Waals surface area contributed by atoms with E-state index in [1.165, 1.54) is 7.11 Å². The van der Waals surface area contributed by atoms with Crippen LogP contribution in [-0.4, -0.2) is 51.5 Å². The minimum Gasteiger partial charge on any atom is -0.491 e. The van der Waals surface area contributed by atoms with Gasteiger partial charge in [0.15, 0.2) is 11.5 Å². The Bertz CT molecular complexity index is 1420. The van der Waals surface area contributed by atoms with Gasteiger partial charge in [0.2, 0.25) is 12.7 Å².